The maximum atomic E-state index is 13.2. The number of amidine groups is 1. The normalized spacial score (nSPS) is 21.2. The van der Waals surface area contributed by atoms with Crippen molar-refractivity contribution in [3.63, 3.8) is 0 Å². The van der Waals surface area contributed by atoms with Crippen LogP contribution in [0.15, 0.2) is 65.7 Å². The van der Waals surface area contributed by atoms with Crippen molar-refractivity contribution in [2.75, 3.05) is 11.9 Å². The van der Waals surface area contributed by atoms with E-state index in [0.717, 1.165) is 24.2 Å². The van der Waals surface area contributed by atoms with Gasteiger partial charge in [-0.2, -0.15) is 0 Å². The fraction of sp³-hybridized carbons (Fsp3) is 0.375. The summed E-state index contributed by atoms with van der Waals surface area (Å²) in [7, 11) is 0. The quantitative estimate of drug-likeness (QED) is 0.695. The average molecular weight is 422 g/mol. The van der Waals surface area contributed by atoms with Gasteiger partial charge in [-0.15, -0.1) is 0 Å². The molecule has 2 aromatic rings. The largest absolute Gasteiger partial charge is 0.326 e. The molecule has 2 aliphatic rings. The Kier molecular flexibility index (Phi) is 6.84. The summed E-state index contributed by atoms with van der Waals surface area (Å²) in [5, 5.41) is 3.17. The molecule has 1 aliphatic heterocycles. The van der Waals surface area contributed by atoms with Gasteiger partial charge in [-0.05, 0) is 43.0 Å². The second-order valence-electron chi connectivity index (χ2n) is 7.91. The van der Waals surface area contributed by atoms with Crippen molar-refractivity contribution in [1.29, 1.82) is 0 Å². The van der Waals surface area contributed by atoms with Gasteiger partial charge in [0.2, 0.25) is 11.8 Å². The summed E-state index contributed by atoms with van der Waals surface area (Å²) in [6, 6.07) is 19.1. The van der Waals surface area contributed by atoms with Gasteiger partial charge in [0, 0.05) is 18.7 Å². The highest BCUT2D eigenvalue weighted by Gasteiger charge is 2.40. The van der Waals surface area contributed by atoms with Gasteiger partial charge in [-0.25, -0.2) is 4.99 Å². The van der Waals surface area contributed by atoms with Gasteiger partial charge in [0.15, 0.2) is 5.17 Å². The van der Waals surface area contributed by atoms with Crippen molar-refractivity contribution in [1.82, 2.24) is 4.90 Å². The van der Waals surface area contributed by atoms with Gasteiger partial charge in [-0.1, -0.05) is 67.4 Å². The lowest BCUT2D eigenvalue weighted by Crippen LogP contribution is -2.37. The number of hydrogen-bond donors (Lipinski definition) is 1. The van der Waals surface area contributed by atoms with E-state index in [-0.39, 0.29) is 18.2 Å². The molecule has 2 aromatic carbocycles. The number of nitrogens with one attached hydrogen (secondary N) is 1. The Morgan fingerprint density at radius 2 is 1.67 bits per heavy atom. The molecular formula is C24H27N3O2S. The number of nitrogens with zero attached hydrogens (tertiary/aromatic N) is 2. The summed E-state index contributed by atoms with van der Waals surface area (Å²) in [6.07, 6.45) is 6.21. The van der Waals surface area contributed by atoms with Gasteiger partial charge in [0.25, 0.3) is 0 Å². The van der Waals surface area contributed by atoms with Crippen LogP contribution in [0.3, 0.4) is 0 Å². The SMILES string of the molecule is O=C(C[C@@H]1SC(=Nc2ccccc2)N(CC2CCCCC2)C1=O)Nc1ccccc1. The van der Waals surface area contributed by atoms with Crippen molar-refractivity contribution >= 4 is 40.1 Å². The standard InChI is InChI=1S/C24H27N3O2S/c28-22(25-19-12-6-2-7-13-19)16-21-23(29)27(17-18-10-4-1-5-11-18)24(30-21)26-20-14-8-3-9-15-20/h2-3,6-9,12-15,18,21H,1,4-5,10-11,16-17H2,(H,25,28)/t21-/m0/s1. The molecule has 0 bridgehead atoms. The molecule has 2 fully saturated rings. The Morgan fingerprint density at radius 1 is 1.00 bits per heavy atom. The Morgan fingerprint density at radius 3 is 2.37 bits per heavy atom. The van der Waals surface area contributed by atoms with Gasteiger partial charge >= 0.3 is 0 Å². The van der Waals surface area contributed by atoms with E-state index in [4.69, 9.17) is 4.99 Å². The molecule has 6 heteroatoms. The number of rotatable bonds is 6. The maximum Gasteiger partial charge on any atom is 0.242 e. The second-order valence-corrected chi connectivity index (χ2v) is 9.08. The zero-order chi connectivity index (χ0) is 20.8. The number of carbonyl (C=O) groups is 2. The third-order valence-corrected chi connectivity index (χ3v) is 6.77. The highest BCUT2D eigenvalue weighted by Crippen LogP contribution is 2.34. The Hall–Kier alpha value is -2.60. The van der Waals surface area contributed by atoms with Crippen molar-refractivity contribution in [3.05, 3.63) is 60.7 Å². The Balaban J connectivity index is 1.48. The summed E-state index contributed by atoms with van der Waals surface area (Å²) >= 11 is 1.41. The molecule has 156 valence electrons. The second kappa shape index (κ2) is 9.94. The zero-order valence-corrected chi connectivity index (χ0v) is 17.8. The van der Waals surface area contributed by atoms with Gasteiger partial charge in [0.05, 0.1) is 5.69 Å². The number of anilines is 1. The predicted octanol–water partition coefficient (Wildman–Crippen LogP) is 5.23. The minimum Gasteiger partial charge on any atom is -0.326 e. The molecule has 0 radical (unpaired) electrons. The smallest absolute Gasteiger partial charge is 0.242 e. The molecule has 1 heterocycles. The lowest BCUT2D eigenvalue weighted by atomic mass is 9.89. The lowest BCUT2D eigenvalue weighted by molar-refractivity contribution is -0.128. The molecule has 1 N–H and O–H groups in total. The van der Waals surface area contributed by atoms with E-state index in [1.807, 2.05) is 65.6 Å². The van der Waals surface area contributed by atoms with Crippen molar-refractivity contribution < 1.29 is 9.59 Å². The fourth-order valence-electron chi connectivity index (χ4n) is 4.04. The predicted molar refractivity (Wildman–Crippen MR) is 123 cm³/mol. The van der Waals surface area contributed by atoms with E-state index in [0.29, 0.717) is 17.6 Å². The van der Waals surface area contributed by atoms with E-state index in [1.165, 1.54) is 31.0 Å². The van der Waals surface area contributed by atoms with Crippen molar-refractivity contribution in [2.45, 2.75) is 43.8 Å². The van der Waals surface area contributed by atoms with Gasteiger partial charge in [-0.3, -0.25) is 14.5 Å². The Labute approximate surface area is 182 Å². The molecule has 1 saturated heterocycles. The van der Waals surface area contributed by atoms with Crippen LogP contribution in [0.4, 0.5) is 11.4 Å². The van der Waals surface area contributed by atoms with E-state index >= 15 is 0 Å². The summed E-state index contributed by atoms with van der Waals surface area (Å²) in [6.45, 7) is 0.703. The number of thioether (sulfide) groups is 1. The summed E-state index contributed by atoms with van der Waals surface area (Å²) in [5.74, 6) is 0.371. The van der Waals surface area contributed by atoms with Crippen molar-refractivity contribution in [2.24, 2.45) is 10.9 Å². The fourth-order valence-corrected chi connectivity index (χ4v) is 5.20. The molecule has 0 aromatic heterocycles. The van der Waals surface area contributed by atoms with E-state index in [9.17, 15) is 9.59 Å². The van der Waals surface area contributed by atoms with Crippen LogP contribution in [0.5, 0.6) is 0 Å². The first-order valence-corrected chi connectivity index (χ1v) is 11.5. The number of hydrogen-bond acceptors (Lipinski definition) is 4. The molecule has 1 atom stereocenters. The maximum absolute atomic E-state index is 13.2. The number of aliphatic imine (C=N–C) groups is 1. The lowest BCUT2D eigenvalue weighted by Gasteiger charge is -2.26. The number of para-hydroxylation sites is 2. The topological polar surface area (TPSA) is 61.8 Å². The van der Waals surface area contributed by atoms with Crippen LogP contribution < -0.4 is 5.32 Å². The van der Waals surface area contributed by atoms with E-state index < -0.39 is 5.25 Å². The van der Waals surface area contributed by atoms with E-state index in [2.05, 4.69) is 5.32 Å². The highest BCUT2D eigenvalue weighted by molar-refractivity contribution is 8.15. The first kappa shape index (κ1) is 20.7. The third kappa shape index (κ3) is 5.30. The molecule has 1 aliphatic carbocycles. The molecule has 30 heavy (non-hydrogen) atoms. The number of carbonyl (C=O) groups excluding carboxylic acids is 2. The molecule has 4 rings (SSSR count). The summed E-state index contributed by atoms with van der Waals surface area (Å²) < 4.78 is 0. The molecule has 1 saturated carbocycles. The van der Waals surface area contributed by atoms with Crippen molar-refractivity contribution in [3.8, 4) is 0 Å². The zero-order valence-electron chi connectivity index (χ0n) is 17.0. The first-order chi connectivity index (χ1) is 14.7. The molecule has 0 unspecified atom stereocenters. The van der Waals surface area contributed by atoms with Crippen LogP contribution in [0.2, 0.25) is 0 Å². The third-order valence-electron chi connectivity index (χ3n) is 5.59. The van der Waals surface area contributed by atoms with Crippen LogP contribution in [0, 0.1) is 5.92 Å². The summed E-state index contributed by atoms with van der Waals surface area (Å²) in [5.41, 5.74) is 1.58. The minimum absolute atomic E-state index is 0.00321. The highest BCUT2D eigenvalue weighted by atomic mass is 32.2. The average Bonchev–Trinajstić information content (AvgIpc) is 3.04. The molecule has 5 nitrogen and oxygen atoms in total. The first-order valence-electron chi connectivity index (χ1n) is 10.7. The van der Waals surface area contributed by atoms with Crippen LogP contribution in [0.1, 0.15) is 38.5 Å². The minimum atomic E-state index is -0.431. The molecule has 2 amide bonds. The monoisotopic (exact) mass is 421 g/mol. The number of amides is 2. The van der Waals surface area contributed by atoms with Gasteiger partial charge < -0.3 is 5.32 Å². The molecular weight excluding hydrogens is 394 g/mol. The number of benzene rings is 2. The van der Waals surface area contributed by atoms with Crippen LogP contribution >= 0.6 is 11.8 Å². The van der Waals surface area contributed by atoms with Crippen LogP contribution in [-0.2, 0) is 9.59 Å². The van der Waals surface area contributed by atoms with Crippen LogP contribution in [0.25, 0.3) is 0 Å². The van der Waals surface area contributed by atoms with Crippen LogP contribution in [-0.4, -0.2) is 33.7 Å². The van der Waals surface area contributed by atoms with Gasteiger partial charge in [0.1, 0.15) is 5.25 Å². The molecule has 0 spiro atoms. The Bertz CT molecular complexity index is 895. The van der Waals surface area contributed by atoms with E-state index in [1.54, 1.807) is 0 Å². The summed E-state index contributed by atoms with van der Waals surface area (Å²) in [4.78, 5) is 32.3.